The van der Waals surface area contributed by atoms with Gasteiger partial charge in [0.15, 0.2) is 0 Å². The Morgan fingerprint density at radius 1 is 1.38 bits per heavy atom. The van der Waals surface area contributed by atoms with E-state index in [4.69, 9.17) is 0 Å². The van der Waals surface area contributed by atoms with Gasteiger partial charge in [-0.25, -0.2) is 8.42 Å². The first kappa shape index (κ1) is 12.1. The Hall–Kier alpha value is -0.390. The van der Waals surface area contributed by atoms with E-state index in [2.05, 4.69) is 0 Å². The Labute approximate surface area is 101 Å². The van der Waals surface area contributed by atoms with Crippen LogP contribution in [0.3, 0.4) is 0 Å². The van der Waals surface area contributed by atoms with Gasteiger partial charge in [0.05, 0.1) is 12.3 Å². The largest absolute Gasteiger partial charge is 0.212 e. The third kappa shape index (κ3) is 2.64. The summed E-state index contributed by atoms with van der Waals surface area (Å²) in [6, 6.07) is 4.10. The highest BCUT2D eigenvalue weighted by Crippen LogP contribution is 2.34. The summed E-state index contributed by atoms with van der Waals surface area (Å²) in [4.78, 5) is 1.17. The molecule has 90 valence electrons. The van der Waals surface area contributed by atoms with Crippen molar-refractivity contribution in [3.63, 3.8) is 0 Å². The molecule has 0 spiro atoms. The Kier molecular flexibility index (Phi) is 3.66. The first-order chi connectivity index (χ1) is 7.59. The smallest absolute Gasteiger partial charge is 0.211 e. The van der Waals surface area contributed by atoms with E-state index in [0.29, 0.717) is 6.54 Å². The number of sulfonamides is 1. The predicted molar refractivity (Wildman–Crippen MR) is 67.1 cm³/mol. The number of hydrogen-bond acceptors (Lipinski definition) is 3. The zero-order valence-electron chi connectivity index (χ0n) is 9.43. The van der Waals surface area contributed by atoms with Crippen LogP contribution >= 0.6 is 11.3 Å². The highest BCUT2D eigenvalue weighted by Gasteiger charge is 2.29. The lowest BCUT2D eigenvalue weighted by molar-refractivity contribution is 0.335. The summed E-state index contributed by atoms with van der Waals surface area (Å²) in [6.07, 6.45) is 5.50. The van der Waals surface area contributed by atoms with Crippen molar-refractivity contribution in [1.82, 2.24) is 4.31 Å². The van der Waals surface area contributed by atoms with Crippen LogP contribution in [0.1, 0.15) is 36.6 Å². The van der Waals surface area contributed by atoms with Crippen molar-refractivity contribution in [3.05, 3.63) is 22.4 Å². The number of rotatable bonds is 2. The van der Waals surface area contributed by atoms with E-state index in [-0.39, 0.29) is 6.04 Å². The fraction of sp³-hybridized carbons (Fsp3) is 0.636. The van der Waals surface area contributed by atoms with E-state index < -0.39 is 10.0 Å². The Bertz CT molecular complexity index is 425. The Morgan fingerprint density at radius 2 is 2.19 bits per heavy atom. The second-order valence-corrected chi connectivity index (χ2v) is 7.17. The monoisotopic (exact) mass is 259 g/mol. The number of thiophene rings is 1. The molecule has 0 radical (unpaired) electrons. The van der Waals surface area contributed by atoms with E-state index in [1.165, 1.54) is 11.1 Å². The minimum atomic E-state index is -3.08. The maximum absolute atomic E-state index is 11.8. The van der Waals surface area contributed by atoms with Gasteiger partial charge in [0.25, 0.3) is 0 Å². The number of hydrogen-bond donors (Lipinski definition) is 0. The zero-order chi connectivity index (χ0) is 11.6. The van der Waals surface area contributed by atoms with Crippen LogP contribution in [0.4, 0.5) is 0 Å². The standard InChI is InChI=1S/C11H17NO2S2/c1-16(13,14)12-8-4-2-3-6-10(12)11-7-5-9-15-11/h5,7,9-10H,2-4,6,8H2,1H3/t10-/m1/s1. The third-order valence-electron chi connectivity index (χ3n) is 3.00. The maximum atomic E-state index is 11.8. The summed E-state index contributed by atoms with van der Waals surface area (Å²) in [5.41, 5.74) is 0. The molecule has 1 atom stereocenters. The van der Waals surface area contributed by atoms with Gasteiger partial charge >= 0.3 is 0 Å². The predicted octanol–water partition coefficient (Wildman–Crippen LogP) is 2.62. The molecular weight excluding hydrogens is 242 g/mol. The van der Waals surface area contributed by atoms with Crippen molar-refractivity contribution in [2.24, 2.45) is 0 Å². The van der Waals surface area contributed by atoms with Crippen LogP contribution in [-0.4, -0.2) is 25.5 Å². The molecule has 1 fully saturated rings. The molecule has 2 rings (SSSR count). The first-order valence-electron chi connectivity index (χ1n) is 5.59. The molecule has 1 aromatic heterocycles. The summed E-state index contributed by atoms with van der Waals surface area (Å²) in [5.74, 6) is 0. The molecule has 3 nitrogen and oxygen atoms in total. The maximum Gasteiger partial charge on any atom is 0.211 e. The molecule has 0 bridgehead atoms. The Morgan fingerprint density at radius 3 is 2.81 bits per heavy atom. The second-order valence-electron chi connectivity index (χ2n) is 4.25. The lowest BCUT2D eigenvalue weighted by Crippen LogP contribution is -2.33. The van der Waals surface area contributed by atoms with Gasteiger partial charge in [0.2, 0.25) is 10.0 Å². The summed E-state index contributed by atoms with van der Waals surface area (Å²) >= 11 is 1.65. The molecule has 2 heterocycles. The van der Waals surface area contributed by atoms with Gasteiger partial charge in [-0.15, -0.1) is 11.3 Å². The van der Waals surface area contributed by atoms with Crippen LogP contribution in [0.5, 0.6) is 0 Å². The normalized spacial score (nSPS) is 24.2. The van der Waals surface area contributed by atoms with Crippen LogP contribution < -0.4 is 0 Å². The van der Waals surface area contributed by atoms with Crippen LogP contribution in [0.25, 0.3) is 0 Å². The molecule has 5 heteroatoms. The van der Waals surface area contributed by atoms with Gasteiger partial charge in [-0.2, -0.15) is 4.31 Å². The SMILES string of the molecule is CS(=O)(=O)N1CCCCC[C@@H]1c1cccs1. The van der Waals surface area contributed by atoms with Gasteiger partial charge in [0.1, 0.15) is 0 Å². The van der Waals surface area contributed by atoms with E-state index in [1.54, 1.807) is 15.6 Å². The number of nitrogens with zero attached hydrogens (tertiary/aromatic N) is 1. The summed E-state index contributed by atoms with van der Waals surface area (Å²) < 4.78 is 25.2. The van der Waals surface area contributed by atoms with E-state index in [9.17, 15) is 8.42 Å². The summed E-state index contributed by atoms with van der Waals surface area (Å²) in [5, 5.41) is 2.01. The van der Waals surface area contributed by atoms with Crippen molar-refractivity contribution in [2.75, 3.05) is 12.8 Å². The average Bonchev–Trinajstić information content (AvgIpc) is 2.60. The quantitative estimate of drug-likeness (QED) is 0.818. The van der Waals surface area contributed by atoms with Gasteiger partial charge in [-0.1, -0.05) is 18.9 Å². The lowest BCUT2D eigenvalue weighted by Gasteiger charge is -2.26. The topological polar surface area (TPSA) is 37.4 Å². The molecule has 0 saturated carbocycles. The molecule has 0 aromatic carbocycles. The Balaban J connectivity index is 2.30. The molecule has 0 aliphatic carbocycles. The van der Waals surface area contributed by atoms with Gasteiger partial charge in [0, 0.05) is 11.4 Å². The summed E-state index contributed by atoms with van der Waals surface area (Å²) in [7, 11) is -3.08. The van der Waals surface area contributed by atoms with Gasteiger partial charge in [-0.05, 0) is 24.3 Å². The van der Waals surface area contributed by atoms with Crippen LogP contribution in [0.15, 0.2) is 17.5 Å². The second kappa shape index (κ2) is 4.85. The minimum absolute atomic E-state index is 0.0671. The molecule has 1 aliphatic rings. The molecule has 0 N–H and O–H groups in total. The van der Waals surface area contributed by atoms with Crippen LogP contribution in [0.2, 0.25) is 0 Å². The molecule has 1 aliphatic heterocycles. The highest BCUT2D eigenvalue weighted by molar-refractivity contribution is 7.88. The van der Waals surface area contributed by atoms with Crippen LogP contribution in [-0.2, 0) is 10.0 Å². The van der Waals surface area contributed by atoms with E-state index in [0.717, 1.165) is 25.7 Å². The zero-order valence-corrected chi connectivity index (χ0v) is 11.1. The third-order valence-corrected chi connectivity index (χ3v) is 5.26. The van der Waals surface area contributed by atoms with Gasteiger partial charge in [-0.3, -0.25) is 0 Å². The summed E-state index contributed by atoms with van der Waals surface area (Å²) in [6.45, 7) is 0.668. The fourth-order valence-corrected chi connectivity index (χ4v) is 4.33. The van der Waals surface area contributed by atoms with Gasteiger partial charge < -0.3 is 0 Å². The van der Waals surface area contributed by atoms with Crippen LogP contribution in [0, 0.1) is 0 Å². The highest BCUT2D eigenvalue weighted by atomic mass is 32.2. The molecule has 1 saturated heterocycles. The first-order valence-corrected chi connectivity index (χ1v) is 8.32. The van der Waals surface area contributed by atoms with E-state index >= 15 is 0 Å². The average molecular weight is 259 g/mol. The van der Waals surface area contributed by atoms with Crippen molar-refractivity contribution in [1.29, 1.82) is 0 Å². The fourth-order valence-electron chi connectivity index (χ4n) is 2.24. The molecular formula is C11H17NO2S2. The van der Waals surface area contributed by atoms with Crippen molar-refractivity contribution >= 4 is 21.4 Å². The molecule has 1 aromatic rings. The van der Waals surface area contributed by atoms with Crippen molar-refractivity contribution in [2.45, 2.75) is 31.7 Å². The van der Waals surface area contributed by atoms with E-state index in [1.807, 2.05) is 17.5 Å². The van der Waals surface area contributed by atoms with Crippen molar-refractivity contribution in [3.8, 4) is 0 Å². The molecule has 0 amide bonds. The lowest BCUT2D eigenvalue weighted by atomic mass is 10.1. The molecule has 16 heavy (non-hydrogen) atoms. The van der Waals surface area contributed by atoms with Crippen molar-refractivity contribution < 1.29 is 8.42 Å². The molecule has 0 unspecified atom stereocenters. The minimum Gasteiger partial charge on any atom is -0.212 e.